The highest BCUT2D eigenvalue weighted by atomic mass is 35.5. The van der Waals surface area contributed by atoms with Gasteiger partial charge in [-0.25, -0.2) is 14.8 Å². The van der Waals surface area contributed by atoms with E-state index in [1.54, 1.807) is 25.7 Å². The van der Waals surface area contributed by atoms with Crippen molar-refractivity contribution in [2.75, 3.05) is 18.4 Å². The molecule has 1 fully saturated rings. The van der Waals surface area contributed by atoms with Crippen LogP contribution in [0.15, 0.2) is 24.5 Å². The van der Waals surface area contributed by atoms with Gasteiger partial charge < -0.3 is 15.0 Å². The van der Waals surface area contributed by atoms with Crippen molar-refractivity contribution in [1.82, 2.24) is 14.9 Å². The van der Waals surface area contributed by atoms with E-state index in [2.05, 4.69) is 15.3 Å². The minimum atomic E-state index is -0.706. The molecule has 1 atom stereocenters. The van der Waals surface area contributed by atoms with E-state index in [-0.39, 0.29) is 28.3 Å². The van der Waals surface area contributed by atoms with E-state index in [1.165, 1.54) is 18.5 Å². The lowest BCUT2D eigenvalue weighted by molar-refractivity contribution is -0.121. The number of hydrogen-bond donors (Lipinski definition) is 1. The first-order valence-corrected chi connectivity index (χ1v) is 10.5. The summed E-state index contributed by atoms with van der Waals surface area (Å²) in [7, 11) is 0. The standard InChI is InChI=1S/C21H23Cl2FN4O3/c1-21(2,3)31-20(30)28-6-4-5-12(11-28)19(29)27-18-8-14(16(23)10-26-18)13-7-17(24)25-9-15(13)22/h7-10,12H,4-6,11H2,1-3H3,(H,26,27,29)/t12-/m1/s1. The highest BCUT2D eigenvalue weighted by Crippen LogP contribution is 2.34. The molecule has 2 aromatic heterocycles. The van der Waals surface area contributed by atoms with E-state index < -0.39 is 23.6 Å². The van der Waals surface area contributed by atoms with Crippen LogP contribution in [0.2, 0.25) is 10.0 Å². The Morgan fingerprint density at radius 1 is 1.16 bits per heavy atom. The highest BCUT2D eigenvalue weighted by Gasteiger charge is 2.31. The molecule has 0 saturated carbocycles. The quantitative estimate of drug-likeness (QED) is 0.627. The van der Waals surface area contributed by atoms with Gasteiger partial charge in [0.1, 0.15) is 11.4 Å². The van der Waals surface area contributed by atoms with Crippen molar-refractivity contribution in [2.45, 2.75) is 39.2 Å². The summed E-state index contributed by atoms with van der Waals surface area (Å²) in [5.41, 5.74) is 0.145. The molecular formula is C21H23Cl2FN4O3. The summed E-state index contributed by atoms with van der Waals surface area (Å²) in [6.45, 7) is 6.17. The van der Waals surface area contributed by atoms with Gasteiger partial charge in [0.05, 0.1) is 16.0 Å². The fourth-order valence-electron chi connectivity index (χ4n) is 3.24. The van der Waals surface area contributed by atoms with E-state index in [0.717, 1.165) is 6.07 Å². The number of rotatable bonds is 3. The topological polar surface area (TPSA) is 84.4 Å². The second-order valence-corrected chi connectivity index (χ2v) is 9.11. The number of amides is 2. The Hall–Kier alpha value is -2.45. The van der Waals surface area contributed by atoms with Crippen molar-refractivity contribution in [1.29, 1.82) is 0 Å². The zero-order chi connectivity index (χ0) is 22.8. The number of nitrogens with one attached hydrogen (secondary N) is 1. The Labute approximate surface area is 189 Å². The summed E-state index contributed by atoms with van der Waals surface area (Å²) in [6, 6.07) is 2.68. The molecule has 0 unspecified atom stereocenters. The third kappa shape index (κ3) is 6.04. The molecular weight excluding hydrogens is 446 g/mol. The van der Waals surface area contributed by atoms with Crippen LogP contribution >= 0.6 is 23.2 Å². The summed E-state index contributed by atoms with van der Waals surface area (Å²) in [4.78, 5) is 34.3. The second-order valence-electron chi connectivity index (χ2n) is 8.29. The highest BCUT2D eigenvalue weighted by molar-refractivity contribution is 6.36. The summed E-state index contributed by atoms with van der Waals surface area (Å²) < 4.78 is 19.0. The molecule has 1 aliphatic heterocycles. The summed E-state index contributed by atoms with van der Waals surface area (Å²) >= 11 is 12.3. The van der Waals surface area contributed by atoms with Crippen LogP contribution in [-0.2, 0) is 9.53 Å². The van der Waals surface area contributed by atoms with Gasteiger partial charge in [0.2, 0.25) is 11.9 Å². The number of hydrogen-bond acceptors (Lipinski definition) is 5. The van der Waals surface area contributed by atoms with Gasteiger partial charge in [-0.1, -0.05) is 23.2 Å². The van der Waals surface area contributed by atoms with E-state index in [0.29, 0.717) is 30.5 Å². The predicted octanol–water partition coefficient (Wildman–Crippen LogP) is 5.18. The molecule has 1 aliphatic rings. The Balaban J connectivity index is 1.73. The van der Waals surface area contributed by atoms with Crippen LogP contribution in [0, 0.1) is 11.9 Å². The van der Waals surface area contributed by atoms with Crippen molar-refractivity contribution >= 4 is 41.0 Å². The molecule has 3 heterocycles. The molecule has 2 aromatic rings. The van der Waals surface area contributed by atoms with Crippen molar-refractivity contribution in [3.8, 4) is 11.1 Å². The average molecular weight is 469 g/mol. The smallest absolute Gasteiger partial charge is 0.410 e. The Morgan fingerprint density at radius 2 is 1.81 bits per heavy atom. The van der Waals surface area contributed by atoms with E-state index in [4.69, 9.17) is 27.9 Å². The van der Waals surface area contributed by atoms with Crippen LogP contribution < -0.4 is 5.32 Å². The van der Waals surface area contributed by atoms with Gasteiger partial charge in [-0.05, 0) is 39.7 Å². The van der Waals surface area contributed by atoms with Gasteiger partial charge in [-0.3, -0.25) is 4.79 Å². The molecule has 0 aliphatic carbocycles. The SMILES string of the molecule is CC(C)(C)OC(=O)N1CCC[C@@H](C(=O)Nc2cc(-c3cc(F)ncc3Cl)c(Cl)cn2)C1. The fraction of sp³-hybridized carbons (Fsp3) is 0.429. The summed E-state index contributed by atoms with van der Waals surface area (Å²) in [6.07, 6.45) is 3.42. The lowest BCUT2D eigenvalue weighted by atomic mass is 9.97. The molecule has 3 rings (SSSR count). The molecule has 31 heavy (non-hydrogen) atoms. The van der Waals surface area contributed by atoms with Gasteiger partial charge in [0, 0.05) is 42.7 Å². The van der Waals surface area contributed by atoms with Crippen molar-refractivity contribution < 1.29 is 18.7 Å². The fourth-order valence-corrected chi connectivity index (χ4v) is 3.66. The normalized spacial score (nSPS) is 16.7. The third-order valence-electron chi connectivity index (χ3n) is 4.66. The minimum absolute atomic E-state index is 0.215. The predicted molar refractivity (Wildman–Crippen MR) is 117 cm³/mol. The van der Waals surface area contributed by atoms with Crippen LogP contribution in [0.25, 0.3) is 11.1 Å². The van der Waals surface area contributed by atoms with E-state index >= 15 is 0 Å². The largest absolute Gasteiger partial charge is 0.444 e. The number of pyridine rings is 2. The average Bonchev–Trinajstić information content (AvgIpc) is 2.70. The first-order chi connectivity index (χ1) is 14.5. The van der Waals surface area contributed by atoms with E-state index in [9.17, 15) is 14.0 Å². The van der Waals surface area contributed by atoms with E-state index in [1.807, 2.05) is 0 Å². The molecule has 2 amide bonds. The van der Waals surface area contributed by atoms with Crippen LogP contribution in [0.3, 0.4) is 0 Å². The Bertz CT molecular complexity index is 997. The molecule has 166 valence electrons. The van der Waals surface area contributed by atoms with Crippen LogP contribution in [0.4, 0.5) is 15.0 Å². The number of aromatic nitrogens is 2. The number of halogens is 3. The molecule has 7 nitrogen and oxygen atoms in total. The van der Waals surface area contributed by atoms with Crippen LogP contribution in [0.1, 0.15) is 33.6 Å². The molecule has 0 aromatic carbocycles. The maximum atomic E-state index is 13.6. The lowest BCUT2D eigenvalue weighted by Gasteiger charge is -2.33. The number of nitrogens with zero attached hydrogens (tertiary/aromatic N) is 3. The summed E-state index contributed by atoms with van der Waals surface area (Å²) in [5.74, 6) is -1.15. The number of anilines is 1. The van der Waals surface area contributed by atoms with Crippen LogP contribution in [-0.4, -0.2) is 45.6 Å². The summed E-state index contributed by atoms with van der Waals surface area (Å²) in [5, 5.41) is 3.22. The number of carbonyl (C=O) groups excluding carboxylic acids is 2. The third-order valence-corrected chi connectivity index (χ3v) is 5.27. The molecule has 10 heteroatoms. The van der Waals surface area contributed by atoms with Crippen LogP contribution in [0.5, 0.6) is 0 Å². The van der Waals surface area contributed by atoms with Crippen molar-refractivity contribution in [3.05, 3.63) is 40.5 Å². The van der Waals surface area contributed by atoms with Gasteiger partial charge in [0.25, 0.3) is 0 Å². The second kappa shape index (κ2) is 9.36. The molecule has 0 radical (unpaired) electrons. The van der Waals surface area contributed by atoms with Crippen molar-refractivity contribution in [3.63, 3.8) is 0 Å². The minimum Gasteiger partial charge on any atom is -0.444 e. The maximum Gasteiger partial charge on any atom is 0.410 e. The zero-order valence-electron chi connectivity index (χ0n) is 17.4. The lowest BCUT2D eigenvalue weighted by Crippen LogP contribution is -2.45. The van der Waals surface area contributed by atoms with Gasteiger partial charge >= 0.3 is 6.09 Å². The molecule has 1 N–H and O–H groups in total. The van der Waals surface area contributed by atoms with Gasteiger partial charge in [0.15, 0.2) is 0 Å². The first-order valence-electron chi connectivity index (χ1n) is 9.79. The molecule has 0 bridgehead atoms. The monoisotopic (exact) mass is 468 g/mol. The number of likely N-dealkylation sites (tertiary alicyclic amines) is 1. The van der Waals surface area contributed by atoms with Gasteiger partial charge in [-0.2, -0.15) is 4.39 Å². The zero-order valence-corrected chi connectivity index (χ0v) is 18.9. The number of carbonyl (C=O) groups is 2. The number of piperidine rings is 1. The van der Waals surface area contributed by atoms with Crippen molar-refractivity contribution in [2.24, 2.45) is 5.92 Å². The Morgan fingerprint density at radius 3 is 2.48 bits per heavy atom. The number of ether oxygens (including phenoxy) is 1. The maximum absolute atomic E-state index is 13.6. The molecule has 0 spiro atoms. The Kier molecular flexibility index (Phi) is 7.01. The first kappa shape index (κ1) is 23.2. The molecule has 1 saturated heterocycles. The van der Waals surface area contributed by atoms with Gasteiger partial charge in [-0.15, -0.1) is 0 Å².